The summed E-state index contributed by atoms with van der Waals surface area (Å²) in [5, 5.41) is 0. The van der Waals surface area contributed by atoms with Gasteiger partial charge in [0.05, 0.1) is 6.61 Å². The largest absolute Gasteiger partial charge is 0.511 e. The second kappa shape index (κ2) is 8.78. The van der Waals surface area contributed by atoms with Crippen LogP contribution in [0.3, 0.4) is 0 Å². The Balaban J connectivity index is 1.74. The van der Waals surface area contributed by atoms with Crippen molar-refractivity contribution >= 4 is 23.7 Å². The van der Waals surface area contributed by atoms with Gasteiger partial charge in [-0.25, -0.2) is 9.59 Å². The number of hydrogen-bond acceptors (Lipinski definition) is 8. The van der Waals surface area contributed by atoms with Crippen molar-refractivity contribution in [3.8, 4) is 0 Å². The smallest absolute Gasteiger partial charge is 0.434 e. The van der Waals surface area contributed by atoms with Crippen molar-refractivity contribution in [3.05, 3.63) is 22.7 Å². The summed E-state index contributed by atoms with van der Waals surface area (Å²) in [4.78, 5) is 26.9. The fourth-order valence-corrected chi connectivity index (χ4v) is 2.93. The predicted octanol–water partition coefficient (Wildman–Crippen LogP) is 2.10. The van der Waals surface area contributed by atoms with Crippen LogP contribution in [-0.4, -0.2) is 33.7 Å². The molecule has 9 heteroatoms. The van der Waals surface area contributed by atoms with E-state index in [0.29, 0.717) is 12.4 Å². The van der Waals surface area contributed by atoms with Gasteiger partial charge in [0.15, 0.2) is 6.23 Å². The van der Waals surface area contributed by atoms with Gasteiger partial charge in [0, 0.05) is 11.9 Å². The van der Waals surface area contributed by atoms with Crippen LogP contribution in [0.4, 0.5) is 10.6 Å². The van der Waals surface area contributed by atoms with Gasteiger partial charge in [-0.2, -0.15) is 4.98 Å². The Bertz CT molecular complexity index is 580. The van der Waals surface area contributed by atoms with Crippen LogP contribution in [0.15, 0.2) is 17.1 Å². The average Bonchev–Trinajstić information content (AvgIpc) is 2.95. The lowest BCUT2D eigenvalue weighted by molar-refractivity contribution is -0.105. The number of nitrogens with zero attached hydrogens (tertiary/aromatic N) is 2. The topological polar surface area (TPSA) is 106 Å². The normalized spacial score (nSPS) is 20.4. The van der Waals surface area contributed by atoms with Gasteiger partial charge in [0.25, 0.3) is 5.62 Å². The Morgan fingerprint density at radius 2 is 2.35 bits per heavy atom. The Hall–Kier alpha value is -1.74. The third-order valence-corrected chi connectivity index (χ3v) is 4.17. The number of rotatable bonds is 7. The maximum absolute atomic E-state index is 11.7. The highest BCUT2D eigenvalue weighted by Crippen LogP contribution is 2.31. The molecular weight excluding hydrogens is 322 g/mol. The van der Waals surface area contributed by atoms with E-state index in [9.17, 15) is 9.59 Å². The molecule has 2 atom stereocenters. The molecule has 23 heavy (non-hydrogen) atoms. The van der Waals surface area contributed by atoms with Crippen molar-refractivity contribution in [2.45, 2.75) is 44.5 Å². The van der Waals surface area contributed by atoms with Crippen molar-refractivity contribution < 1.29 is 19.0 Å². The fraction of sp³-hybridized carbons (Fsp3) is 0.643. The number of carbonyl (C=O) groups excluding carboxylic acids is 1. The molecule has 0 unspecified atom stereocenters. The molecule has 1 aliphatic rings. The first-order chi connectivity index (χ1) is 11.1. The van der Waals surface area contributed by atoms with Gasteiger partial charge in [0.2, 0.25) is 0 Å². The maximum atomic E-state index is 11.7. The van der Waals surface area contributed by atoms with Crippen LogP contribution in [0.25, 0.3) is 0 Å². The first-order valence-corrected chi connectivity index (χ1v) is 8.60. The summed E-state index contributed by atoms with van der Waals surface area (Å²) in [6, 6.07) is 1.51. The molecule has 0 aromatic carbocycles. The molecule has 0 spiro atoms. The van der Waals surface area contributed by atoms with E-state index in [4.69, 9.17) is 19.9 Å². The van der Waals surface area contributed by atoms with Crippen LogP contribution < -0.4 is 11.4 Å². The number of hydrogen-bond donors (Lipinski definition) is 1. The lowest BCUT2D eigenvalue weighted by Crippen LogP contribution is -2.29. The van der Waals surface area contributed by atoms with Crippen LogP contribution in [0.2, 0.25) is 0 Å². The third kappa shape index (κ3) is 5.43. The number of aromatic nitrogens is 2. The molecule has 0 saturated carbocycles. The van der Waals surface area contributed by atoms with Gasteiger partial charge in [0.1, 0.15) is 5.82 Å². The van der Waals surface area contributed by atoms with Crippen LogP contribution >= 0.6 is 11.8 Å². The lowest BCUT2D eigenvalue weighted by Gasteiger charge is -2.14. The molecule has 1 aliphatic heterocycles. The first-order valence-electron chi connectivity index (χ1n) is 7.55. The van der Waals surface area contributed by atoms with E-state index >= 15 is 0 Å². The summed E-state index contributed by atoms with van der Waals surface area (Å²) in [6.45, 7) is 2.45. The molecule has 128 valence electrons. The number of nitrogens with two attached hydrogens (primary N) is 1. The van der Waals surface area contributed by atoms with Crippen LogP contribution in [-0.2, 0) is 14.2 Å². The summed E-state index contributed by atoms with van der Waals surface area (Å²) in [5.41, 5.74) is 4.14. The molecule has 0 amide bonds. The van der Waals surface area contributed by atoms with E-state index in [1.807, 2.05) is 0 Å². The number of ether oxygens (including phenoxy) is 3. The summed E-state index contributed by atoms with van der Waals surface area (Å²) >= 11 is 1.27. The SMILES string of the molecule is CCCCCCOC(=O)O[C@@H]1O[C@H](n2ccc(N)nc2=O)CS1. The maximum Gasteiger partial charge on any atom is 0.511 e. The van der Waals surface area contributed by atoms with Gasteiger partial charge in [-0.3, -0.25) is 4.57 Å². The summed E-state index contributed by atoms with van der Waals surface area (Å²) in [6.07, 6.45) is 4.27. The number of nitrogen functional groups attached to an aromatic ring is 1. The van der Waals surface area contributed by atoms with E-state index < -0.39 is 23.7 Å². The van der Waals surface area contributed by atoms with Gasteiger partial charge in [-0.15, -0.1) is 0 Å². The second-order valence-electron chi connectivity index (χ2n) is 5.03. The van der Waals surface area contributed by atoms with E-state index in [0.717, 1.165) is 25.7 Å². The van der Waals surface area contributed by atoms with Gasteiger partial charge in [-0.1, -0.05) is 37.9 Å². The number of carbonyl (C=O) groups is 1. The van der Waals surface area contributed by atoms with Gasteiger partial charge < -0.3 is 19.9 Å². The van der Waals surface area contributed by atoms with Crippen molar-refractivity contribution in [2.75, 3.05) is 18.1 Å². The zero-order valence-electron chi connectivity index (χ0n) is 13.0. The Labute approximate surface area is 138 Å². The van der Waals surface area contributed by atoms with Crippen LogP contribution in [0.5, 0.6) is 0 Å². The predicted molar refractivity (Wildman–Crippen MR) is 85.9 cm³/mol. The minimum Gasteiger partial charge on any atom is -0.434 e. The van der Waals surface area contributed by atoms with E-state index in [-0.39, 0.29) is 5.82 Å². The van der Waals surface area contributed by atoms with Gasteiger partial charge >= 0.3 is 11.8 Å². The lowest BCUT2D eigenvalue weighted by atomic mass is 10.2. The highest BCUT2D eigenvalue weighted by Gasteiger charge is 2.31. The van der Waals surface area contributed by atoms with Crippen molar-refractivity contribution in [1.29, 1.82) is 0 Å². The second-order valence-corrected chi connectivity index (χ2v) is 6.08. The zero-order valence-corrected chi connectivity index (χ0v) is 13.8. The average molecular weight is 343 g/mol. The van der Waals surface area contributed by atoms with Crippen molar-refractivity contribution in [3.63, 3.8) is 0 Å². The van der Waals surface area contributed by atoms with Gasteiger partial charge in [-0.05, 0) is 12.5 Å². The number of unbranched alkanes of at least 4 members (excludes halogenated alkanes) is 3. The molecule has 0 radical (unpaired) electrons. The Morgan fingerprint density at radius 3 is 3.09 bits per heavy atom. The highest BCUT2D eigenvalue weighted by molar-refractivity contribution is 7.99. The molecule has 8 nitrogen and oxygen atoms in total. The van der Waals surface area contributed by atoms with E-state index in [1.165, 1.54) is 28.6 Å². The van der Waals surface area contributed by atoms with E-state index in [1.54, 1.807) is 0 Å². The number of anilines is 1. The molecule has 2 heterocycles. The molecule has 0 bridgehead atoms. The molecule has 1 saturated heterocycles. The quantitative estimate of drug-likeness (QED) is 0.593. The van der Waals surface area contributed by atoms with Crippen LogP contribution in [0, 0.1) is 0 Å². The van der Waals surface area contributed by atoms with Crippen molar-refractivity contribution in [2.24, 2.45) is 0 Å². The molecule has 1 fully saturated rings. The standard InChI is InChI=1S/C14H21N3O5S/c1-2-3-4-5-8-20-13(19)22-14-21-11(9-23-14)17-7-6-10(15)16-12(17)18/h6-7,11,14H,2-5,8-9H2,1H3,(H2,15,16,18)/t11-,14-/m0/s1. The monoisotopic (exact) mass is 343 g/mol. The highest BCUT2D eigenvalue weighted by atomic mass is 32.2. The fourth-order valence-electron chi connectivity index (χ4n) is 2.02. The minimum absolute atomic E-state index is 0.149. The number of thioether (sulfide) groups is 1. The molecule has 2 N–H and O–H groups in total. The summed E-state index contributed by atoms with van der Waals surface area (Å²) in [5.74, 6) is 0.608. The first kappa shape index (κ1) is 17.6. The Morgan fingerprint density at radius 1 is 1.52 bits per heavy atom. The molecule has 1 aromatic heterocycles. The summed E-state index contributed by atoms with van der Waals surface area (Å²) in [7, 11) is 0. The molecular formula is C14H21N3O5S. The van der Waals surface area contributed by atoms with E-state index in [2.05, 4.69) is 11.9 Å². The molecule has 2 rings (SSSR count). The van der Waals surface area contributed by atoms with Crippen molar-refractivity contribution in [1.82, 2.24) is 9.55 Å². The zero-order chi connectivity index (χ0) is 16.7. The molecule has 0 aliphatic carbocycles. The third-order valence-electron chi connectivity index (χ3n) is 3.22. The Kier molecular flexibility index (Phi) is 6.72. The summed E-state index contributed by atoms with van der Waals surface area (Å²) < 4.78 is 16.8. The van der Waals surface area contributed by atoms with Crippen LogP contribution in [0.1, 0.15) is 38.8 Å². The minimum atomic E-state index is -0.799. The molecule has 1 aromatic rings.